The molecule has 0 amide bonds. The number of pyridine rings is 1. The summed E-state index contributed by atoms with van der Waals surface area (Å²) in [6.45, 7) is 4.60. The summed E-state index contributed by atoms with van der Waals surface area (Å²) in [7, 11) is 0. The zero-order valence-electron chi connectivity index (χ0n) is 24.0. The highest BCUT2D eigenvalue weighted by molar-refractivity contribution is 6.00. The Balaban J connectivity index is 1.45. The van der Waals surface area contributed by atoms with Gasteiger partial charge in [-0.3, -0.25) is 0 Å². The van der Waals surface area contributed by atoms with Crippen molar-refractivity contribution in [2.24, 2.45) is 0 Å². The molecule has 43 heavy (non-hydrogen) atoms. The minimum absolute atomic E-state index is 0.126. The summed E-state index contributed by atoms with van der Waals surface area (Å²) < 4.78 is 0. The van der Waals surface area contributed by atoms with Gasteiger partial charge in [0.2, 0.25) is 0 Å². The van der Waals surface area contributed by atoms with Crippen LogP contribution in [-0.2, 0) is 5.41 Å². The fraction of sp³-hybridized carbons (Fsp3) is 0.0769. The molecular weight excluding hydrogens is 524 g/mol. The third-order valence-corrected chi connectivity index (χ3v) is 8.52. The van der Waals surface area contributed by atoms with E-state index in [1.54, 1.807) is 0 Å². The Bertz CT molecular complexity index is 2080. The average Bonchev–Trinajstić information content (AvgIpc) is 3.29. The molecule has 4 heteroatoms. The molecule has 5 aromatic carbocycles. The lowest BCUT2D eigenvalue weighted by Crippen LogP contribution is -2.14. The normalized spacial score (nSPS) is 13.1. The molecule has 2 aromatic heterocycles. The highest BCUT2D eigenvalue weighted by Crippen LogP contribution is 2.50. The molecule has 1 aliphatic carbocycles. The van der Waals surface area contributed by atoms with E-state index in [0.717, 1.165) is 38.9 Å². The van der Waals surface area contributed by atoms with E-state index in [-0.39, 0.29) is 5.41 Å². The summed E-state index contributed by atoms with van der Waals surface area (Å²) >= 11 is 0. The Kier molecular flexibility index (Phi) is 5.76. The van der Waals surface area contributed by atoms with Crippen molar-refractivity contribution in [2.75, 3.05) is 0 Å². The van der Waals surface area contributed by atoms with Gasteiger partial charge in [0.25, 0.3) is 0 Å². The van der Waals surface area contributed by atoms with Crippen LogP contribution < -0.4 is 0 Å². The van der Waals surface area contributed by atoms with Gasteiger partial charge in [-0.1, -0.05) is 129 Å². The minimum atomic E-state index is -0.126. The maximum atomic E-state index is 5.23. The van der Waals surface area contributed by atoms with Gasteiger partial charge in [0, 0.05) is 33.1 Å². The van der Waals surface area contributed by atoms with E-state index >= 15 is 0 Å². The first-order valence-corrected chi connectivity index (χ1v) is 14.6. The summed E-state index contributed by atoms with van der Waals surface area (Å²) in [6.07, 6.45) is 0. The van der Waals surface area contributed by atoms with Crippen LogP contribution in [0.15, 0.2) is 133 Å². The summed E-state index contributed by atoms with van der Waals surface area (Å²) in [5.41, 5.74) is 10.7. The van der Waals surface area contributed by atoms with E-state index in [2.05, 4.69) is 68.4 Å². The van der Waals surface area contributed by atoms with Crippen LogP contribution in [0, 0.1) is 0 Å². The predicted octanol–water partition coefficient (Wildman–Crippen LogP) is 9.39. The second kappa shape index (κ2) is 9.81. The molecule has 2 heterocycles. The van der Waals surface area contributed by atoms with E-state index in [1.165, 1.54) is 22.3 Å². The number of hydrogen-bond donors (Lipinski definition) is 0. The van der Waals surface area contributed by atoms with E-state index in [9.17, 15) is 0 Å². The number of nitrogens with zero attached hydrogens (tertiary/aromatic N) is 4. The molecule has 0 spiro atoms. The highest BCUT2D eigenvalue weighted by atomic mass is 15.0. The van der Waals surface area contributed by atoms with E-state index < -0.39 is 0 Å². The quantitative estimate of drug-likeness (QED) is 0.218. The molecule has 4 nitrogen and oxygen atoms in total. The van der Waals surface area contributed by atoms with Crippen LogP contribution in [-0.4, -0.2) is 19.9 Å². The van der Waals surface area contributed by atoms with Crippen molar-refractivity contribution in [3.05, 3.63) is 145 Å². The maximum Gasteiger partial charge on any atom is 0.164 e. The summed E-state index contributed by atoms with van der Waals surface area (Å²) in [5.74, 6) is 1.91. The summed E-state index contributed by atoms with van der Waals surface area (Å²) in [5, 5.41) is 1.02. The van der Waals surface area contributed by atoms with Crippen LogP contribution in [0.2, 0.25) is 0 Å². The van der Waals surface area contributed by atoms with Crippen LogP contribution in [0.4, 0.5) is 0 Å². The lowest BCUT2D eigenvalue weighted by Gasteiger charge is -2.22. The number of fused-ring (bicyclic) bond motifs is 4. The number of rotatable bonds is 4. The summed E-state index contributed by atoms with van der Waals surface area (Å²) in [6, 6.07) is 46.0. The summed E-state index contributed by atoms with van der Waals surface area (Å²) in [4.78, 5) is 20.4. The Morgan fingerprint density at radius 3 is 1.58 bits per heavy atom. The topological polar surface area (TPSA) is 51.6 Å². The van der Waals surface area contributed by atoms with Crippen LogP contribution in [0.25, 0.3) is 67.5 Å². The molecule has 0 radical (unpaired) electrons. The Labute approximate surface area is 250 Å². The molecule has 0 aliphatic heterocycles. The van der Waals surface area contributed by atoms with Gasteiger partial charge in [0.05, 0.1) is 11.2 Å². The first kappa shape index (κ1) is 25.2. The molecule has 0 unspecified atom stereocenters. The molecule has 0 bridgehead atoms. The largest absolute Gasteiger partial charge is 0.248 e. The van der Waals surface area contributed by atoms with Gasteiger partial charge < -0.3 is 0 Å². The number of benzene rings is 5. The van der Waals surface area contributed by atoms with Gasteiger partial charge in [-0.25, -0.2) is 19.9 Å². The molecule has 0 saturated carbocycles. The SMILES string of the molecule is CC1(C)c2ccccc2-c2cc3c(-c4nc(-c5ccccc5)nc(-c5ccccc5)n4)cc(-c4ccccc4)nc3cc21. The lowest BCUT2D eigenvalue weighted by molar-refractivity contribution is 0.661. The monoisotopic (exact) mass is 552 g/mol. The first-order valence-electron chi connectivity index (χ1n) is 14.6. The van der Waals surface area contributed by atoms with Gasteiger partial charge in [-0.15, -0.1) is 0 Å². The van der Waals surface area contributed by atoms with Gasteiger partial charge in [0.1, 0.15) is 0 Å². The van der Waals surface area contributed by atoms with E-state index in [0.29, 0.717) is 17.5 Å². The number of hydrogen-bond acceptors (Lipinski definition) is 4. The third-order valence-electron chi connectivity index (χ3n) is 8.52. The lowest BCUT2D eigenvalue weighted by atomic mass is 9.82. The van der Waals surface area contributed by atoms with Crippen molar-refractivity contribution in [3.63, 3.8) is 0 Å². The molecule has 204 valence electrons. The molecule has 0 fully saturated rings. The van der Waals surface area contributed by atoms with Gasteiger partial charge in [0.15, 0.2) is 17.5 Å². The number of aromatic nitrogens is 4. The molecule has 0 N–H and O–H groups in total. The van der Waals surface area contributed by atoms with Crippen molar-refractivity contribution >= 4 is 10.9 Å². The maximum absolute atomic E-state index is 5.23. The molecule has 0 atom stereocenters. The minimum Gasteiger partial charge on any atom is -0.248 e. The Morgan fingerprint density at radius 1 is 0.419 bits per heavy atom. The van der Waals surface area contributed by atoms with Crippen LogP contribution >= 0.6 is 0 Å². The Morgan fingerprint density at radius 2 is 0.953 bits per heavy atom. The van der Waals surface area contributed by atoms with Gasteiger partial charge in [-0.2, -0.15) is 0 Å². The van der Waals surface area contributed by atoms with Gasteiger partial charge >= 0.3 is 0 Å². The molecule has 8 rings (SSSR count). The zero-order valence-corrected chi connectivity index (χ0v) is 24.0. The molecule has 0 saturated heterocycles. The van der Waals surface area contributed by atoms with Crippen molar-refractivity contribution in [1.29, 1.82) is 0 Å². The van der Waals surface area contributed by atoms with Crippen molar-refractivity contribution in [2.45, 2.75) is 19.3 Å². The van der Waals surface area contributed by atoms with Crippen molar-refractivity contribution in [1.82, 2.24) is 19.9 Å². The van der Waals surface area contributed by atoms with Crippen LogP contribution in [0.3, 0.4) is 0 Å². The zero-order chi connectivity index (χ0) is 29.0. The van der Waals surface area contributed by atoms with Crippen LogP contribution in [0.1, 0.15) is 25.0 Å². The standard InChI is InChI=1S/C39H28N4/c1-39(2)32-21-13-12-20-28(32)29-22-30-31(23-34(25-14-6-3-7-15-25)40-35(30)24-33(29)39)38-42-36(26-16-8-4-9-17-26)41-37(43-38)27-18-10-5-11-19-27/h3-24H,1-2H3. The second-order valence-electron chi connectivity index (χ2n) is 11.5. The molecule has 1 aliphatic rings. The predicted molar refractivity (Wildman–Crippen MR) is 174 cm³/mol. The second-order valence-corrected chi connectivity index (χ2v) is 11.5. The van der Waals surface area contributed by atoms with Crippen LogP contribution in [0.5, 0.6) is 0 Å². The molecule has 7 aromatic rings. The average molecular weight is 553 g/mol. The van der Waals surface area contributed by atoms with Crippen molar-refractivity contribution < 1.29 is 0 Å². The smallest absolute Gasteiger partial charge is 0.164 e. The fourth-order valence-corrected chi connectivity index (χ4v) is 6.29. The highest BCUT2D eigenvalue weighted by Gasteiger charge is 2.36. The Hall–Kier alpha value is -5.48. The van der Waals surface area contributed by atoms with Crippen molar-refractivity contribution in [3.8, 4) is 56.5 Å². The van der Waals surface area contributed by atoms with E-state index in [1.807, 2.05) is 78.9 Å². The van der Waals surface area contributed by atoms with E-state index in [4.69, 9.17) is 19.9 Å². The van der Waals surface area contributed by atoms with Gasteiger partial charge in [-0.05, 0) is 40.5 Å². The first-order chi connectivity index (χ1) is 21.1. The molecular formula is C39H28N4. The third kappa shape index (κ3) is 4.22. The fourth-order valence-electron chi connectivity index (χ4n) is 6.29.